The molecule has 1 aromatic heterocycles. The van der Waals surface area contributed by atoms with Crippen LogP contribution in [-0.2, 0) is 0 Å². The lowest BCUT2D eigenvalue weighted by Gasteiger charge is -2.31. The fourth-order valence-corrected chi connectivity index (χ4v) is 2.22. The molecule has 0 spiro atoms. The number of nitrogens with one attached hydrogen (secondary N) is 1. The van der Waals surface area contributed by atoms with Crippen LogP contribution >= 0.6 is 0 Å². The molecule has 2 N–H and O–H groups in total. The number of aliphatic hydroxyl groups is 1. The van der Waals surface area contributed by atoms with Gasteiger partial charge in [0.25, 0.3) is 5.91 Å². The molecular formula is C17H24N2O2. The van der Waals surface area contributed by atoms with E-state index in [1.54, 1.807) is 18.3 Å². The standard InChI is InChI=1S/C17H24N2O2/c1-4-17(5-2,6-3)19-16(21)15-14(10-7-8-13-20)11-9-12-18-15/h9,11-12,20H,4-6,8,13H2,1-3H3,(H,19,21). The van der Waals surface area contributed by atoms with Crippen LogP contribution in [0.15, 0.2) is 18.3 Å². The minimum atomic E-state index is -0.190. The lowest BCUT2D eigenvalue weighted by Crippen LogP contribution is -2.47. The average Bonchev–Trinajstić information content (AvgIpc) is 2.53. The Morgan fingerprint density at radius 2 is 2.00 bits per heavy atom. The lowest BCUT2D eigenvalue weighted by atomic mass is 9.89. The molecule has 4 nitrogen and oxygen atoms in total. The minimum absolute atomic E-state index is 0.0133. The van der Waals surface area contributed by atoms with E-state index < -0.39 is 0 Å². The van der Waals surface area contributed by atoms with E-state index in [0.717, 1.165) is 19.3 Å². The highest BCUT2D eigenvalue weighted by molar-refractivity contribution is 5.95. The molecule has 1 amide bonds. The summed E-state index contributed by atoms with van der Waals surface area (Å²) in [6.45, 7) is 6.24. The van der Waals surface area contributed by atoms with Crippen molar-refractivity contribution in [2.24, 2.45) is 0 Å². The monoisotopic (exact) mass is 288 g/mol. The highest BCUT2D eigenvalue weighted by Gasteiger charge is 2.27. The van der Waals surface area contributed by atoms with Crippen LogP contribution in [-0.4, -0.2) is 28.1 Å². The van der Waals surface area contributed by atoms with Gasteiger partial charge in [0, 0.05) is 18.2 Å². The van der Waals surface area contributed by atoms with Gasteiger partial charge in [0.2, 0.25) is 0 Å². The van der Waals surface area contributed by atoms with Gasteiger partial charge in [0.1, 0.15) is 5.69 Å². The maximum Gasteiger partial charge on any atom is 0.271 e. The number of hydrogen-bond acceptors (Lipinski definition) is 3. The SMILES string of the molecule is CCC(CC)(CC)NC(=O)c1ncccc1C#CCCO. The second-order valence-electron chi connectivity index (χ2n) is 4.97. The molecule has 0 aromatic carbocycles. The summed E-state index contributed by atoms with van der Waals surface area (Å²) in [5.74, 6) is 5.55. The first-order valence-electron chi connectivity index (χ1n) is 7.49. The third-order valence-corrected chi connectivity index (χ3v) is 3.89. The molecule has 0 aliphatic carbocycles. The van der Waals surface area contributed by atoms with Crippen molar-refractivity contribution in [1.29, 1.82) is 0 Å². The molecule has 21 heavy (non-hydrogen) atoms. The van der Waals surface area contributed by atoms with Crippen molar-refractivity contribution in [3.05, 3.63) is 29.6 Å². The number of rotatable bonds is 6. The van der Waals surface area contributed by atoms with Gasteiger partial charge in [-0.2, -0.15) is 0 Å². The molecule has 0 bridgehead atoms. The zero-order valence-corrected chi connectivity index (χ0v) is 13.1. The van der Waals surface area contributed by atoms with E-state index >= 15 is 0 Å². The van der Waals surface area contributed by atoms with Crippen LogP contribution < -0.4 is 5.32 Å². The molecule has 0 saturated carbocycles. The predicted octanol–water partition coefficient (Wildman–Crippen LogP) is 2.51. The van der Waals surface area contributed by atoms with Gasteiger partial charge in [-0.1, -0.05) is 32.6 Å². The Balaban J connectivity index is 3.00. The van der Waals surface area contributed by atoms with E-state index in [-0.39, 0.29) is 18.1 Å². The molecule has 4 heteroatoms. The second-order valence-corrected chi connectivity index (χ2v) is 4.97. The molecular weight excluding hydrogens is 264 g/mol. The number of nitrogens with zero attached hydrogens (tertiary/aromatic N) is 1. The molecule has 1 heterocycles. The maximum atomic E-state index is 12.5. The topological polar surface area (TPSA) is 62.2 Å². The Hall–Kier alpha value is -1.86. The molecule has 0 radical (unpaired) electrons. The normalized spacial score (nSPS) is 10.7. The third-order valence-electron chi connectivity index (χ3n) is 3.89. The van der Waals surface area contributed by atoms with Crippen molar-refractivity contribution in [3.63, 3.8) is 0 Å². The fraction of sp³-hybridized carbons (Fsp3) is 0.529. The van der Waals surface area contributed by atoms with Crippen molar-refractivity contribution in [2.75, 3.05) is 6.61 Å². The summed E-state index contributed by atoms with van der Waals surface area (Å²) >= 11 is 0. The van der Waals surface area contributed by atoms with Gasteiger partial charge in [0.15, 0.2) is 0 Å². The van der Waals surface area contributed by atoms with Gasteiger partial charge in [0.05, 0.1) is 12.2 Å². The number of carbonyl (C=O) groups excluding carboxylic acids is 1. The minimum Gasteiger partial charge on any atom is -0.395 e. The largest absolute Gasteiger partial charge is 0.395 e. The van der Waals surface area contributed by atoms with Crippen molar-refractivity contribution in [2.45, 2.75) is 52.0 Å². The van der Waals surface area contributed by atoms with Crippen LogP contribution in [0.4, 0.5) is 0 Å². The molecule has 0 aliphatic heterocycles. The summed E-state index contributed by atoms with van der Waals surface area (Å²) in [5, 5.41) is 11.9. The van der Waals surface area contributed by atoms with Crippen molar-refractivity contribution in [1.82, 2.24) is 10.3 Å². The van der Waals surface area contributed by atoms with Gasteiger partial charge < -0.3 is 10.4 Å². The van der Waals surface area contributed by atoms with E-state index in [0.29, 0.717) is 17.7 Å². The highest BCUT2D eigenvalue weighted by atomic mass is 16.2. The quantitative estimate of drug-likeness (QED) is 0.791. The molecule has 0 fully saturated rings. The number of carbonyl (C=O) groups is 1. The Morgan fingerprint density at radius 3 is 2.57 bits per heavy atom. The number of aromatic nitrogens is 1. The first-order chi connectivity index (χ1) is 10.1. The predicted molar refractivity (Wildman–Crippen MR) is 83.9 cm³/mol. The van der Waals surface area contributed by atoms with Crippen LogP contribution in [0.2, 0.25) is 0 Å². The highest BCUT2D eigenvalue weighted by Crippen LogP contribution is 2.20. The Morgan fingerprint density at radius 1 is 1.33 bits per heavy atom. The van der Waals surface area contributed by atoms with E-state index in [4.69, 9.17) is 5.11 Å². The molecule has 1 aromatic rings. The lowest BCUT2D eigenvalue weighted by molar-refractivity contribution is 0.0882. The number of amides is 1. The van der Waals surface area contributed by atoms with Gasteiger partial charge in [-0.25, -0.2) is 4.98 Å². The summed E-state index contributed by atoms with van der Waals surface area (Å²) in [7, 11) is 0. The smallest absolute Gasteiger partial charge is 0.271 e. The van der Waals surface area contributed by atoms with Crippen LogP contribution in [0.3, 0.4) is 0 Å². The molecule has 1 rings (SSSR count). The molecule has 114 valence electrons. The van der Waals surface area contributed by atoms with Gasteiger partial charge >= 0.3 is 0 Å². The van der Waals surface area contributed by atoms with Crippen molar-refractivity contribution < 1.29 is 9.90 Å². The third kappa shape index (κ3) is 4.57. The molecule has 0 atom stereocenters. The Kier molecular flexibility index (Phi) is 6.90. The summed E-state index contributed by atoms with van der Waals surface area (Å²) < 4.78 is 0. The molecule has 0 saturated heterocycles. The maximum absolute atomic E-state index is 12.5. The van der Waals surface area contributed by atoms with E-state index in [9.17, 15) is 4.79 Å². The Labute approximate surface area is 127 Å². The van der Waals surface area contributed by atoms with Crippen molar-refractivity contribution in [3.8, 4) is 11.8 Å². The summed E-state index contributed by atoms with van der Waals surface area (Å²) in [6.07, 6.45) is 4.62. The summed E-state index contributed by atoms with van der Waals surface area (Å²) in [6, 6.07) is 3.53. The van der Waals surface area contributed by atoms with E-state index in [1.807, 2.05) is 0 Å². The molecule has 0 unspecified atom stereocenters. The number of pyridine rings is 1. The number of hydrogen-bond donors (Lipinski definition) is 2. The van der Waals surface area contributed by atoms with Crippen LogP contribution in [0.25, 0.3) is 0 Å². The van der Waals surface area contributed by atoms with E-state index in [2.05, 4.69) is 42.9 Å². The zero-order valence-electron chi connectivity index (χ0n) is 13.1. The second kappa shape index (κ2) is 8.43. The Bertz CT molecular complexity index is 517. The average molecular weight is 288 g/mol. The van der Waals surface area contributed by atoms with Gasteiger partial charge in [-0.15, -0.1) is 0 Å². The zero-order chi connectivity index (χ0) is 15.7. The van der Waals surface area contributed by atoms with Crippen LogP contribution in [0.1, 0.15) is 62.5 Å². The van der Waals surface area contributed by atoms with Gasteiger partial charge in [-0.05, 0) is 31.4 Å². The van der Waals surface area contributed by atoms with E-state index in [1.165, 1.54) is 0 Å². The first kappa shape index (κ1) is 17.2. The fourth-order valence-electron chi connectivity index (χ4n) is 2.22. The molecule has 0 aliphatic rings. The summed E-state index contributed by atoms with van der Waals surface area (Å²) in [5.41, 5.74) is 0.757. The van der Waals surface area contributed by atoms with Crippen LogP contribution in [0, 0.1) is 11.8 Å². The number of aliphatic hydroxyl groups excluding tert-OH is 1. The van der Waals surface area contributed by atoms with Crippen molar-refractivity contribution >= 4 is 5.91 Å². The van der Waals surface area contributed by atoms with Gasteiger partial charge in [-0.3, -0.25) is 4.79 Å². The first-order valence-corrected chi connectivity index (χ1v) is 7.49. The summed E-state index contributed by atoms with van der Waals surface area (Å²) in [4.78, 5) is 16.7. The van der Waals surface area contributed by atoms with Crippen LogP contribution in [0.5, 0.6) is 0 Å².